The first kappa shape index (κ1) is 16.1. The first-order chi connectivity index (χ1) is 11.2. The molecule has 1 saturated carbocycles. The molecule has 126 valence electrons. The van der Waals surface area contributed by atoms with Gasteiger partial charge in [0.05, 0.1) is 12.1 Å². The summed E-state index contributed by atoms with van der Waals surface area (Å²) in [4.78, 5) is 14.4. The van der Waals surface area contributed by atoms with Crippen LogP contribution in [0.4, 0.5) is 10.5 Å². The van der Waals surface area contributed by atoms with E-state index in [0.717, 1.165) is 45.2 Å². The van der Waals surface area contributed by atoms with Gasteiger partial charge in [0.2, 0.25) is 0 Å². The van der Waals surface area contributed by atoms with Crippen LogP contribution in [0.2, 0.25) is 0 Å². The molecule has 1 aromatic carbocycles. The van der Waals surface area contributed by atoms with Crippen LogP contribution >= 0.6 is 0 Å². The number of carbonyl (C=O) groups is 1. The maximum Gasteiger partial charge on any atom is 0.315 e. The molecule has 3 unspecified atom stereocenters. The van der Waals surface area contributed by atoms with Crippen LogP contribution < -0.4 is 15.5 Å². The van der Waals surface area contributed by atoms with Crippen LogP contribution in [0.15, 0.2) is 30.3 Å². The Morgan fingerprint density at radius 3 is 2.74 bits per heavy atom. The van der Waals surface area contributed by atoms with Gasteiger partial charge in [-0.15, -0.1) is 0 Å². The molecular weight excluding hydrogens is 290 g/mol. The van der Waals surface area contributed by atoms with E-state index < -0.39 is 6.10 Å². The number of nitrogens with zero attached hydrogens (tertiary/aromatic N) is 1. The number of benzene rings is 1. The second kappa shape index (κ2) is 7.68. The van der Waals surface area contributed by atoms with E-state index in [9.17, 15) is 9.90 Å². The smallest absolute Gasteiger partial charge is 0.315 e. The summed E-state index contributed by atoms with van der Waals surface area (Å²) in [6, 6.07) is 10.2. The topological polar surface area (TPSA) is 64.6 Å². The molecular formula is C18H27N3O2. The first-order valence-corrected chi connectivity index (χ1v) is 8.75. The van der Waals surface area contributed by atoms with Crippen LogP contribution in [0.25, 0.3) is 0 Å². The van der Waals surface area contributed by atoms with Gasteiger partial charge in [0.25, 0.3) is 0 Å². The maximum atomic E-state index is 12.0. The highest BCUT2D eigenvalue weighted by Gasteiger charge is 2.26. The SMILES string of the molecule is O=C(NCC1CCN(c2ccccc2)C1)NC1CCCCC1O. The Morgan fingerprint density at radius 1 is 1.17 bits per heavy atom. The van der Waals surface area contributed by atoms with Crippen molar-refractivity contribution in [1.29, 1.82) is 0 Å². The van der Waals surface area contributed by atoms with Crippen molar-refractivity contribution in [2.45, 2.75) is 44.2 Å². The van der Waals surface area contributed by atoms with E-state index in [1.54, 1.807) is 0 Å². The van der Waals surface area contributed by atoms with Crippen molar-refractivity contribution in [3.8, 4) is 0 Å². The number of urea groups is 1. The lowest BCUT2D eigenvalue weighted by molar-refractivity contribution is 0.0942. The van der Waals surface area contributed by atoms with E-state index in [2.05, 4.69) is 39.8 Å². The van der Waals surface area contributed by atoms with E-state index in [1.165, 1.54) is 5.69 Å². The van der Waals surface area contributed by atoms with Crippen LogP contribution in [0.1, 0.15) is 32.1 Å². The van der Waals surface area contributed by atoms with Crippen LogP contribution in [0, 0.1) is 5.92 Å². The van der Waals surface area contributed by atoms with Gasteiger partial charge in [-0.2, -0.15) is 0 Å². The van der Waals surface area contributed by atoms with Gasteiger partial charge >= 0.3 is 6.03 Å². The molecule has 1 aliphatic heterocycles. The summed E-state index contributed by atoms with van der Waals surface area (Å²) in [5, 5.41) is 15.8. The zero-order chi connectivity index (χ0) is 16.1. The summed E-state index contributed by atoms with van der Waals surface area (Å²) < 4.78 is 0. The fourth-order valence-electron chi connectivity index (χ4n) is 3.61. The number of aliphatic hydroxyl groups is 1. The largest absolute Gasteiger partial charge is 0.391 e. The number of carbonyl (C=O) groups excluding carboxylic acids is 1. The minimum atomic E-state index is -0.394. The summed E-state index contributed by atoms with van der Waals surface area (Å²) in [5.41, 5.74) is 1.25. The number of rotatable bonds is 4. The van der Waals surface area contributed by atoms with Gasteiger partial charge in [-0.3, -0.25) is 0 Å². The van der Waals surface area contributed by atoms with Crippen molar-refractivity contribution in [2.75, 3.05) is 24.5 Å². The molecule has 3 N–H and O–H groups in total. The molecule has 0 spiro atoms. The number of para-hydroxylation sites is 1. The molecule has 5 heteroatoms. The standard InChI is InChI=1S/C18H27N3O2/c22-17-9-5-4-8-16(17)20-18(23)19-12-14-10-11-21(13-14)15-6-2-1-3-7-15/h1-3,6-7,14,16-17,22H,4-5,8-13H2,(H2,19,20,23). The molecule has 2 fully saturated rings. The second-order valence-electron chi connectivity index (χ2n) is 6.75. The third-order valence-electron chi connectivity index (χ3n) is 5.00. The average Bonchev–Trinajstić information content (AvgIpc) is 3.05. The van der Waals surface area contributed by atoms with Crippen LogP contribution in [-0.4, -0.2) is 42.9 Å². The summed E-state index contributed by atoms with van der Waals surface area (Å²) in [7, 11) is 0. The van der Waals surface area contributed by atoms with Gasteiger partial charge < -0.3 is 20.6 Å². The van der Waals surface area contributed by atoms with E-state index >= 15 is 0 Å². The molecule has 1 aromatic rings. The lowest BCUT2D eigenvalue weighted by atomic mass is 9.93. The summed E-state index contributed by atoms with van der Waals surface area (Å²) in [5.74, 6) is 0.484. The normalized spacial score (nSPS) is 27.7. The molecule has 0 bridgehead atoms. The highest BCUT2D eigenvalue weighted by atomic mass is 16.3. The Bertz CT molecular complexity index is 508. The van der Waals surface area contributed by atoms with Gasteiger partial charge in [-0.25, -0.2) is 4.79 Å². The average molecular weight is 317 g/mol. The number of anilines is 1. The predicted octanol–water partition coefficient (Wildman–Crippen LogP) is 2.12. The fraction of sp³-hybridized carbons (Fsp3) is 0.611. The van der Waals surface area contributed by atoms with Gasteiger partial charge in [0, 0.05) is 25.3 Å². The molecule has 1 saturated heterocycles. The van der Waals surface area contributed by atoms with E-state index in [0.29, 0.717) is 12.5 Å². The monoisotopic (exact) mass is 317 g/mol. The molecule has 0 aromatic heterocycles. The Kier molecular flexibility index (Phi) is 5.39. The Balaban J connectivity index is 1.40. The highest BCUT2D eigenvalue weighted by Crippen LogP contribution is 2.23. The zero-order valence-electron chi connectivity index (χ0n) is 13.6. The van der Waals surface area contributed by atoms with Gasteiger partial charge in [0.15, 0.2) is 0 Å². The molecule has 23 heavy (non-hydrogen) atoms. The third-order valence-corrected chi connectivity index (χ3v) is 5.00. The van der Waals surface area contributed by atoms with Gasteiger partial charge in [0.1, 0.15) is 0 Å². The molecule has 1 heterocycles. The van der Waals surface area contributed by atoms with Crippen LogP contribution in [0.3, 0.4) is 0 Å². The molecule has 2 amide bonds. The number of nitrogens with one attached hydrogen (secondary N) is 2. The number of hydrogen-bond acceptors (Lipinski definition) is 3. The van der Waals surface area contributed by atoms with E-state index in [-0.39, 0.29) is 12.1 Å². The molecule has 3 rings (SSSR count). The Morgan fingerprint density at radius 2 is 1.96 bits per heavy atom. The fourth-order valence-corrected chi connectivity index (χ4v) is 3.61. The Labute approximate surface area is 138 Å². The van der Waals surface area contributed by atoms with Crippen molar-refractivity contribution in [3.63, 3.8) is 0 Å². The van der Waals surface area contributed by atoms with E-state index in [1.807, 2.05) is 6.07 Å². The number of aliphatic hydroxyl groups excluding tert-OH is 1. The molecule has 5 nitrogen and oxygen atoms in total. The van der Waals surface area contributed by atoms with E-state index in [4.69, 9.17) is 0 Å². The summed E-state index contributed by atoms with van der Waals surface area (Å²) >= 11 is 0. The van der Waals surface area contributed by atoms with Crippen LogP contribution in [-0.2, 0) is 0 Å². The maximum absolute atomic E-state index is 12.0. The van der Waals surface area contributed by atoms with Crippen molar-refractivity contribution in [1.82, 2.24) is 10.6 Å². The molecule has 2 aliphatic rings. The van der Waals surface area contributed by atoms with Crippen LogP contribution in [0.5, 0.6) is 0 Å². The second-order valence-corrected chi connectivity index (χ2v) is 6.75. The summed E-state index contributed by atoms with van der Waals surface area (Å²) in [6.07, 6.45) is 4.50. The predicted molar refractivity (Wildman–Crippen MR) is 91.6 cm³/mol. The number of hydrogen-bond donors (Lipinski definition) is 3. The molecule has 3 atom stereocenters. The van der Waals surface area contributed by atoms with Gasteiger partial charge in [-0.1, -0.05) is 31.0 Å². The number of amides is 2. The zero-order valence-corrected chi connectivity index (χ0v) is 13.6. The highest BCUT2D eigenvalue weighted by molar-refractivity contribution is 5.74. The lowest BCUT2D eigenvalue weighted by Crippen LogP contribution is -2.49. The van der Waals surface area contributed by atoms with Crippen molar-refractivity contribution >= 4 is 11.7 Å². The van der Waals surface area contributed by atoms with Crippen molar-refractivity contribution in [2.24, 2.45) is 5.92 Å². The Hall–Kier alpha value is -1.75. The lowest BCUT2D eigenvalue weighted by Gasteiger charge is -2.28. The van der Waals surface area contributed by atoms with Crippen molar-refractivity contribution < 1.29 is 9.90 Å². The molecule has 1 aliphatic carbocycles. The first-order valence-electron chi connectivity index (χ1n) is 8.75. The molecule has 0 radical (unpaired) electrons. The van der Waals surface area contributed by atoms with Gasteiger partial charge in [-0.05, 0) is 37.3 Å². The minimum Gasteiger partial charge on any atom is -0.391 e. The summed E-state index contributed by atoms with van der Waals surface area (Å²) in [6.45, 7) is 2.72. The quantitative estimate of drug-likeness (QED) is 0.797. The minimum absolute atomic E-state index is 0.0897. The third kappa shape index (κ3) is 4.38. The van der Waals surface area contributed by atoms with Crippen molar-refractivity contribution in [3.05, 3.63) is 30.3 Å².